The summed E-state index contributed by atoms with van der Waals surface area (Å²) in [5.74, 6) is -0.122. The maximum absolute atomic E-state index is 12.5. The fraction of sp³-hybridized carbons (Fsp3) is 0. The van der Waals surface area contributed by atoms with Crippen molar-refractivity contribution < 1.29 is 4.79 Å². The SMILES string of the molecule is O=C(Nc1ccc(Cl)cc1)c1cc2cc(-c3ccccn3)ccc2s1. The predicted octanol–water partition coefficient (Wildman–Crippen LogP) is 5.87. The quantitative estimate of drug-likeness (QED) is 0.494. The first-order valence-electron chi connectivity index (χ1n) is 7.71. The van der Waals surface area contributed by atoms with Crippen LogP contribution in [0.1, 0.15) is 9.67 Å². The zero-order chi connectivity index (χ0) is 17.2. The van der Waals surface area contributed by atoms with Gasteiger partial charge in [-0.25, -0.2) is 0 Å². The summed E-state index contributed by atoms with van der Waals surface area (Å²) in [6.07, 6.45) is 1.78. The van der Waals surface area contributed by atoms with E-state index in [0.29, 0.717) is 9.90 Å². The second kappa shape index (κ2) is 6.67. The molecule has 0 aliphatic carbocycles. The van der Waals surface area contributed by atoms with Crippen LogP contribution in [0.15, 0.2) is 72.9 Å². The van der Waals surface area contributed by atoms with Gasteiger partial charge in [-0.1, -0.05) is 23.7 Å². The van der Waals surface area contributed by atoms with E-state index in [1.54, 1.807) is 30.5 Å². The highest BCUT2D eigenvalue weighted by Gasteiger charge is 2.11. The molecule has 0 spiro atoms. The molecule has 0 saturated carbocycles. The zero-order valence-corrected chi connectivity index (χ0v) is 14.6. The van der Waals surface area contributed by atoms with Crippen LogP contribution in [0.4, 0.5) is 5.69 Å². The van der Waals surface area contributed by atoms with Crippen LogP contribution in [-0.4, -0.2) is 10.9 Å². The lowest BCUT2D eigenvalue weighted by Gasteiger charge is -2.02. The molecule has 4 rings (SSSR count). The van der Waals surface area contributed by atoms with Crippen LogP contribution in [-0.2, 0) is 0 Å². The molecule has 0 unspecified atom stereocenters. The number of thiophene rings is 1. The van der Waals surface area contributed by atoms with Crippen molar-refractivity contribution in [1.82, 2.24) is 4.98 Å². The second-order valence-electron chi connectivity index (χ2n) is 5.54. The molecule has 0 atom stereocenters. The Hall–Kier alpha value is -2.69. The van der Waals surface area contributed by atoms with Gasteiger partial charge in [0.2, 0.25) is 0 Å². The van der Waals surface area contributed by atoms with Gasteiger partial charge in [0.05, 0.1) is 10.6 Å². The van der Waals surface area contributed by atoms with Crippen molar-refractivity contribution in [1.29, 1.82) is 0 Å². The van der Waals surface area contributed by atoms with Crippen molar-refractivity contribution in [3.8, 4) is 11.3 Å². The topological polar surface area (TPSA) is 42.0 Å². The van der Waals surface area contributed by atoms with E-state index in [1.807, 2.05) is 36.4 Å². The molecule has 0 radical (unpaired) electrons. The normalized spacial score (nSPS) is 10.8. The van der Waals surface area contributed by atoms with Gasteiger partial charge in [0.25, 0.3) is 5.91 Å². The van der Waals surface area contributed by atoms with E-state index in [1.165, 1.54) is 11.3 Å². The molecule has 4 aromatic rings. The Bertz CT molecular complexity index is 1040. The molecule has 3 nitrogen and oxygen atoms in total. The third-order valence-corrected chi connectivity index (χ3v) is 5.17. The molecule has 0 aliphatic heterocycles. The number of rotatable bonds is 3. The van der Waals surface area contributed by atoms with Gasteiger partial charge in [-0.3, -0.25) is 9.78 Å². The van der Waals surface area contributed by atoms with E-state index >= 15 is 0 Å². The Kier molecular flexibility index (Phi) is 4.22. The molecule has 1 amide bonds. The lowest BCUT2D eigenvalue weighted by molar-refractivity contribution is 0.103. The number of nitrogens with one attached hydrogen (secondary N) is 1. The molecule has 0 saturated heterocycles. The Morgan fingerprint density at radius 1 is 1.00 bits per heavy atom. The largest absolute Gasteiger partial charge is 0.321 e. The number of anilines is 1. The Labute approximate surface area is 153 Å². The van der Waals surface area contributed by atoms with E-state index in [0.717, 1.165) is 27.0 Å². The summed E-state index contributed by atoms with van der Waals surface area (Å²) in [4.78, 5) is 17.5. The van der Waals surface area contributed by atoms with Gasteiger partial charge < -0.3 is 5.32 Å². The molecular weight excluding hydrogens is 352 g/mol. The van der Waals surface area contributed by atoms with Crippen LogP contribution in [0.2, 0.25) is 5.02 Å². The highest BCUT2D eigenvalue weighted by molar-refractivity contribution is 7.20. The first-order valence-corrected chi connectivity index (χ1v) is 8.90. The number of aromatic nitrogens is 1. The first kappa shape index (κ1) is 15.8. The first-order chi connectivity index (χ1) is 12.2. The molecule has 2 aromatic carbocycles. The van der Waals surface area contributed by atoms with Crippen molar-refractivity contribution >= 4 is 44.6 Å². The molecule has 1 N–H and O–H groups in total. The smallest absolute Gasteiger partial charge is 0.265 e. The van der Waals surface area contributed by atoms with Gasteiger partial charge in [-0.2, -0.15) is 0 Å². The van der Waals surface area contributed by atoms with Crippen LogP contribution in [0.5, 0.6) is 0 Å². The molecule has 0 fully saturated rings. The molecule has 122 valence electrons. The number of fused-ring (bicyclic) bond motifs is 1. The lowest BCUT2D eigenvalue weighted by Crippen LogP contribution is -2.09. The summed E-state index contributed by atoms with van der Waals surface area (Å²) in [5, 5.41) is 4.57. The number of nitrogens with zero attached hydrogens (tertiary/aromatic N) is 1. The molecular formula is C20H13ClN2OS. The Morgan fingerprint density at radius 3 is 2.60 bits per heavy atom. The summed E-state index contributed by atoms with van der Waals surface area (Å²) in [6.45, 7) is 0. The van der Waals surface area contributed by atoms with E-state index in [9.17, 15) is 4.79 Å². The van der Waals surface area contributed by atoms with Gasteiger partial charge in [0, 0.05) is 27.2 Å². The average molecular weight is 365 g/mol. The number of hydrogen-bond acceptors (Lipinski definition) is 3. The number of halogens is 1. The minimum Gasteiger partial charge on any atom is -0.321 e. The van der Waals surface area contributed by atoms with Crippen LogP contribution < -0.4 is 5.32 Å². The third kappa shape index (κ3) is 3.40. The Balaban J connectivity index is 1.62. The highest BCUT2D eigenvalue weighted by atomic mass is 35.5. The molecule has 2 aromatic heterocycles. The minimum atomic E-state index is -0.122. The monoisotopic (exact) mass is 364 g/mol. The van der Waals surface area contributed by atoms with Gasteiger partial charge >= 0.3 is 0 Å². The molecule has 0 bridgehead atoms. The van der Waals surface area contributed by atoms with Crippen molar-refractivity contribution in [2.24, 2.45) is 0 Å². The van der Waals surface area contributed by atoms with Gasteiger partial charge in [0.1, 0.15) is 0 Å². The van der Waals surface area contributed by atoms with Gasteiger partial charge in [0.15, 0.2) is 0 Å². The summed E-state index contributed by atoms with van der Waals surface area (Å²) in [6, 6.07) is 20.9. The Morgan fingerprint density at radius 2 is 1.84 bits per heavy atom. The summed E-state index contributed by atoms with van der Waals surface area (Å²) in [7, 11) is 0. The van der Waals surface area contributed by atoms with E-state index in [4.69, 9.17) is 11.6 Å². The molecule has 5 heteroatoms. The average Bonchev–Trinajstić information content (AvgIpc) is 3.08. The standard InChI is InChI=1S/C20H13ClN2OS/c21-15-5-7-16(8-6-15)23-20(24)19-12-14-11-13(4-9-18(14)25-19)17-3-1-2-10-22-17/h1-12H,(H,23,24). The molecule has 0 aliphatic rings. The number of hydrogen-bond donors (Lipinski definition) is 1. The molecule has 2 heterocycles. The number of carbonyl (C=O) groups excluding carboxylic acids is 1. The van der Waals surface area contributed by atoms with Crippen LogP contribution in [0.3, 0.4) is 0 Å². The van der Waals surface area contributed by atoms with Crippen LogP contribution >= 0.6 is 22.9 Å². The molecule has 25 heavy (non-hydrogen) atoms. The lowest BCUT2D eigenvalue weighted by atomic mass is 10.1. The number of carbonyl (C=O) groups is 1. The number of amides is 1. The highest BCUT2D eigenvalue weighted by Crippen LogP contribution is 2.30. The van der Waals surface area contributed by atoms with Crippen molar-refractivity contribution in [3.05, 3.63) is 82.8 Å². The van der Waals surface area contributed by atoms with Crippen molar-refractivity contribution in [3.63, 3.8) is 0 Å². The van der Waals surface area contributed by atoms with Gasteiger partial charge in [-0.05, 0) is 60.0 Å². The zero-order valence-electron chi connectivity index (χ0n) is 13.1. The summed E-state index contributed by atoms with van der Waals surface area (Å²) >= 11 is 7.34. The second-order valence-corrected chi connectivity index (χ2v) is 7.06. The van der Waals surface area contributed by atoms with E-state index < -0.39 is 0 Å². The maximum Gasteiger partial charge on any atom is 0.265 e. The third-order valence-electron chi connectivity index (χ3n) is 3.80. The summed E-state index contributed by atoms with van der Waals surface area (Å²) < 4.78 is 1.07. The minimum absolute atomic E-state index is 0.122. The number of pyridine rings is 1. The number of benzene rings is 2. The van der Waals surface area contributed by atoms with Crippen molar-refractivity contribution in [2.45, 2.75) is 0 Å². The van der Waals surface area contributed by atoms with E-state index in [2.05, 4.69) is 16.4 Å². The predicted molar refractivity (Wildman–Crippen MR) is 104 cm³/mol. The van der Waals surface area contributed by atoms with Crippen LogP contribution in [0, 0.1) is 0 Å². The fourth-order valence-corrected chi connectivity index (χ4v) is 3.64. The van der Waals surface area contributed by atoms with Crippen LogP contribution in [0.25, 0.3) is 21.3 Å². The van der Waals surface area contributed by atoms with Crippen molar-refractivity contribution in [2.75, 3.05) is 5.32 Å². The maximum atomic E-state index is 12.5. The van der Waals surface area contributed by atoms with Gasteiger partial charge in [-0.15, -0.1) is 11.3 Å². The fourth-order valence-electron chi connectivity index (χ4n) is 2.57. The van der Waals surface area contributed by atoms with E-state index in [-0.39, 0.29) is 5.91 Å². The summed E-state index contributed by atoms with van der Waals surface area (Å²) in [5.41, 5.74) is 2.68.